The van der Waals surface area contributed by atoms with Crippen LogP contribution in [0.5, 0.6) is 0 Å². The molecule has 0 aliphatic carbocycles. The number of likely N-dealkylation sites (N-methyl/N-ethyl adjacent to an activating group) is 2. The predicted molar refractivity (Wildman–Crippen MR) is 71.6 cm³/mol. The Kier molecular flexibility index (Phi) is 6.47. The quantitative estimate of drug-likeness (QED) is 0.767. The molecule has 0 bridgehead atoms. The van der Waals surface area contributed by atoms with Gasteiger partial charge in [-0.05, 0) is 14.0 Å². The minimum atomic E-state index is 0.0654. The molecule has 0 aliphatic rings. The number of alkyl halides is 1. The average Bonchev–Trinajstić information content (AvgIpc) is 2.74. The van der Waals surface area contributed by atoms with Crippen molar-refractivity contribution in [1.29, 1.82) is 0 Å². The van der Waals surface area contributed by atoms with Gasteiger partial charge in [0.15, 0.2) is 0 Å². The molecule has 0 saturated heterocycles. The molecule has 1 heterocycles. The van der Waals surface area contributed by atoms with Crippen molar-refractivity contribution in [1.82, 2.24) is 15.2 Å². The van der Waals surface area contributed by atoms with E-state index in [0.29, 0.717) is 19.0 Å². The highest BCUT2D eigenvalue weighted by molar-refractivity contribution is 7.09. The summed E-state index contributed by atoms with van der Waals surface area (Å²) >= 11 is 7.31. The number of thiazole rings is 1. The number of aromatic nitrogens is 1. The van der Waals surface area contributed by atoms with Gasteiger partial charge in [-0.1, -0.05) is 0 Å². The SMILES string of the molecule is CCNC(=O)CN(C)CCc1nc(CCl)cs1. The van der Waals surface area contributed by atoms with Gasteiger partial charge in [0.2, 0.25) is 5.91 Å². The van der Waals surface area contributed by atoms with Crippen LogP contribution in [0, 0.1) is 0 Å². The van der Waals surface area contributed by atoms with Crippen LogP contribution in [-0.4, -0.2) is 42.5 Å². The molecule has 0 aliphatic heterocycles. The molecular weight excluding hydrogens is 258 g/mol. The highest BCUT2D eigenvalue weighted by atomic mass is 35.5. The molecular formula is C11H18ClN3OS. The van der Waals surface area contributed by atoms with Crippen molar-refractivity contribution in [2.45, 2.75) is 19.2 Å². The lowest BCUT2D eigenvalue weighted by Gasteiger charge is -2.14. The van der Waals surface area contributed by atoms with Crippen LogP contribution in [0.15, 0.2) is 5.38 Å². The minimum absolute atomic E-state index is 0.0654. The molecule has 6 heteroatoms. The van der Waals surface area contributed by atoms with Crippen molar-refractivity contribution in [3.05, 3.63) is 16.1 Å². The number of rotatable bonds is 7. The first-order chi connectivity index (χ1) is 8.15. The second-order valence-corrected chi connectivity index (χ2v) is 5.02. The van der Waals surface area contributed by atoms with Crippen LogP contribution < -0.4 is 5.32 Å². The van der Waals surface area contributed by atoms with Crippen LogP contribution >= 0.6 is 22.9 Å². The molecule has 0 aromatic carbocycles. The van der Waals surface area contributed by atoms with Gasteiger partial charge in [0.25, 0.3) is 0 Å². The molecule has 0 spiro atoms. The van der Waals surface area contributed by atoms with Crippen molar-refractivity contribution in [3.8, 4) is 0 Å². The third-order valence-electron chi connectivity index (χ3n) is 2.23. The Morgan fingerprint density at radius 1 is 1.65 bits per heavy atom. The van der Waals surface area contributed by atoms with E-state index < -0.39 is 0 Å². The second kappa shape index (κ2) is 7.63. The summed E-state index contributed by atoms with van der Waals surface area (Å²) in [5.41, 5.74) is 0.929. The van der Waals surface area contributed by atoms with E-state index in [4.69, 9.17) is 11.6 Å². The van der Waals surface area contributed by atoms with E-state index in [2.05, 4.69) is 10.3 Å². The number of nitrogens with one attached hydrogen (secondary N) is 1. The Hall–Kier alpha value is -0.650. The molecule has 1 N–H and O–H groups in total. The van der Waals surface area contributed by atoms with Crippen molar-refractivity contribution >= 4 is 28.8 Å². The maximum Gasteiger partial charge on any atom is 0.234 e. The van der Waals surface area contributed by atoms with Crippen LogP contribution in [0.25, 0.3) is 0 Å². The van der Waals surface area contributed by atoms with E-state index in [1.165, 1.54) is 0 Å². The van der Waals surface area contributed by atoms with Gasteiger partial charge in [-0.3, -0.25) is 9.69 Å². The number of carbonyl (C=O) groups excluding carboxylic acids is 1. The van der Waals surface area contributed by atoms with Crippen molar-refractivity contribution in [2.75, 3.05) is 26.7 Å². The number of nitrogens with zero attached hydrogens (tertiary/aromatic N) is 2. The monoisotopic (exact) mass is 275 g/mol. The fourth-order valence-electron chi connectivity index (χ4n) is 1.39. The van der Waals surface area contributed by atoms with Gasteiger partial charge >= 0.3 is 0 Å². The van der Waals surface area contributed by atoms with E-state index >= 15 is 0 Å². The van der Waals surface area contributed by atoms with Crippen molar-refractivity contribution in [3.63, 3.8) is 0 Å². The Bertz CT molecular complexity index is 356. The van der Waals surface area contributed by atoms with Crippen molar-refractivity contribution < 1.29 is 4.79 Å². The smallest absolute Gasteiger partial charge is 0.234 e. The summed E-state index contributed by atoms with van der Waals surface area (Å²) in [4.78, 5) is 17.7. The van der Waals surface area contributed by atoms with E-state index in [0.717, 1.165) is 23.7 Å². The normalized spacial score (nSPS) is 10.8. The zero-order valence-electron chi connectivity index (χ0n) is 10.2. The van der Waals surface area contributed by atoms with Gasteiger partial charge < -0.3 is 5.32 Å². The van der Waals surface area contributed by atoms with Crippen molar-refractivity contribution in [2.24, 2.45) is 0 Å². The maximum absolute atomic E-state index is 11.3. The fourth-order valence-corrected chi connectivity index (χ4v) is 2.40. The van der Waals surface area contributed by atoms with Crippen LogP contribution in [0.1, 0.15) is 17.6 Å². The van der Waals surface area contributed by atoms with Crippen LogP contribution in [-0.2, 0) is 17.1 Å². The molecule has 1 aromatic rings. The topological polar surface area (TPSA) is 45.2 Å². The largest absolute Gasteiger partial charge is 0.355 e. The van der Waals surface area contributed by atoms with E-state index in [-0.39, 0.29) is 5.91 Å². The van der Waals surface area contributed by atoms with Gasteiger partial charge in [0, 0.05) is 24.9 Å². The van der Waals surface area contributed by atoms with E-state index in [1.807, 2.05) is 24.3 Å². The summed E-state index contributed by atoms with van der Waals surface area (Å²) in [6.45, 7) is 3.85. The Morgan fingerprint density at radius 2 is 2.41 bits per heavy atom. The maximum atomic E-state index is 11.3. The molecule has 0 atom stereocenters. The third kappa shape index (κ3) is 5.48. The molecule has 4 nitrogen and oxygen atoms in total. The standard InChI is InChI=1S/C11H18ClN3OS/c1-3-13-10(16)7-15(2)5-4-11-14-9(6-12)8-17-11/h8H,3-7H2,1-2H3,(H,13,16). The first kappa shape index (κ1) is 14.4. The Balaban J connectivity index is 2.27. The van der Waals surface area contributed by atoms with Crippen LogP contribution in [0.4, 0.5) is 0 Å². The zero-order chi connectivity index (χ0) is 12.7. The number of carbonyl (C=O) groups is 1. The minimum Gasteiger partial charge on any atom is -0.355 e. The molecule has 0 saturated carbocycles. The highest BCUT2D eigenvalue weighted by Gasteiger charge is 2.07. The first-order valence-corrected chi connectivity index (χ1v) is 7.01. The summed E-state index contributed by atoms with van der Waals surface area (Å²) in [5, 5.41) is 5.83. The molecule has 96 valence electrons. The first-order valence-electron chi connectivity index (χ1n) is 5.60. The van der Waals surface area contributed by atoms with E-state index in [1.54, 1.807) is 11.3 Å². The Labute approximate surface area is 111 Å². The lowest BCUT2D eigenvalue weighted by molar-refractivity contribution is -0.121. The van der Waals surface area contributed by atoms with Gasteiger partial charge in [-0.25, -0.2) is 4.98 Å². The summed E-state index contributed by atoms with van der Waals surface area (Å²) < 4.78 is 0. The molecule has 0 fully saturated rings. The number of amides is 1. The number of hydrogen-bond acceptors (Lipinski definition) is 4. The molecule has 0 unspecified atom stereocenters. The lowest BCUT2D eigenvalue weighted by Crippen LogP contribution is -2.35. The molecule has 1 aromatic heterocycles. The second-order valence-electron chi connectivity index (χ2n) is 3.81. The van der Waals surface area contributed by atoms with Gasteiger partial charge in [0.05, 0.1) is 23.1 Å². The Morgan fingerprint density at radius 3 is 3.00 bits per heavy atom. The predicted octanol–water partition coefficient (Wildman–Crippen LogP) is 1.49. The summed E-state index contributed by atoms with van der Waals surface area (Å²) in [6.07, 6.45) is 0.859. The molecule has 17 heavy (non-hydrogen) atoms. The number of halogens is 1. The van der Waals surface area contributed by atoms with Gasteiger partial charge in [0.1, 0.15) is 0 Å². The number of hydrogen-bond donors (Lipinski definition) is 1. The molecule has 1 amide bonds. The highest BCUT2D eigenvalue weighted by Crippen LogP contribution is 2.12. The van der Waals surface area contributed by atoms with Gasteiger partial charge in [-0.2, -0.15) is 0 Å². The van der Waals surface area contributed by atoms with Crippen LogP contribution in [0.3, 0.4) is 0 Å². The molecule has 0 radical (unpaired) electrons. The summed E-state index contributed by atoms with van der Waals surface area (Å²) in [6, 6.07) is 0. The van der Waals surface area contributed by atoms with Crippen LogP contribution in [0.2, 0.25) is 0 Å². The summed E-state index contributed by atoms with van der Waals surface area (Å²) in [7, 11) is 1.94. The van der Waals surface area contributed by atoms with E-state index in [9.17, 15) is 4.79 Å². The zero-order valence-corrected chi connectivity index (χ0v) is 11.8. The average molecular weight is 276 g/mol. The van der Waals surface area contributed by atoms with Gasteiger partial charge in [-0.15, -0.1) is 22.9 Å². The third-order valence-corrected chi connectivity index (χ3v) is 3.46. The fraction of sp³-hybridized carbons (Fsp3) is 0.636. The molecule has 1 rings (SSSR count). The lowest BCUT2D eigenvalue weighted by atomic mass is 10.4. The summed E-state index contributed by atoms with van der Waals surface area (Å²) in [5.74, 6) is 0.529.